The lowest BCUT2D eigenvalue weighted by Gasteiger charge is -2.28. The van der Waals surface area contributed by atoms with Crippen LogP contribution in [0.2, 0.25) is 0 Å². The summed E-state index contributed by atoms with van der Waals surface area (Å²) in [4.78, 5) is 4.30. The minimum absolute atomic E-state index is 0. The molecule has 126 valence electrons. The molecule has 2 aromatic rings. The predicted molar refractivity (Wildman–Crippen MR) is 112 cm³/mol. The third-order valence-electron chi connectivity index (χ3n) is 3.84. The van der Waals surface area contributed by atoms with Crippen LogP contribution < -0.4 is 10.6 Å². The van der Waals surface area contributed by atoms with Crippen LogP contribution >= 0.6 is 35.3 Å². The Hall–Kier alpha value is -1.08. The first-order chi connectivity index (χ1) is 10.5. The van der Waals surface area contributed by atoms with E-state index in [4.69, 9.17) is 0 Å². The second kappa shape index (κ2) is 9.27. The summed E-state index contributed by atoms with van der Waals surface area (Å²) in [7, 11) is 1.81. The lowest BCUT2D eigenvalue weighted by atomic mass is 9.82. The molecule has 2 N–H and O–H groups in total. The number of halogens is 1. The first-order valence-electron chi connectivity index (χ1n) is 7.54. The van der Waals surface area contributed by atoms with Crippen LogP contribution in [0.1, 0.15) is 30.5 Å². The van der Waals surface area contributed by atoms with Gasteiger partial charge >= 0.3 is 0 Å². The maximum Gasteiger partial charge on any atom is 0.191 e. The van der Waals surface area contributed by atoms with Crippen LogP contribution in [0.4, 0.5) is 0 Å². The van der Waals surface area contributed by atoms with E-state index in [1.54, 1.807) is 11.3 Å². The standard InChI is InChI=1S/C18H25N3S.HI/c1-14-7-5-6-8-16(14)18(2,3)13-21-17(19-4)20-11-15-9-10-22-12-15;/h5-10,12H,11,13H2,1-4H3,(H2,19,20,21);1H. The topological polar surface area (TPSA) is 36.4 Å². The van der Waals surface area contributed by atoms with Gasteiger partial charge in [0, 0.05) is 25.6 Å². The lowest BCUT2D eigenvalue weighted by molar-refractivity contribution is 0.506. The van der Waals surface area contributed by atoms with Crippen LogP contribution in [0.25, 0.3) is 0 Å². The van der Waals surface area contributed by atoms with Crippen LogP contribution in [0.3, 0.4) is 0 Å². The molecular weight excluding hydrogens is 417 g/mol. The van der Waals surface area contributed by atoms with E-state index in [9.17, 15) is 0 Å². The number of benzene rings is 1. The van der Waals surface area contributed by atoms with Crippen molar-refractivity contribution in [2.75, 3.05) is 13.6 Å². The van der Waals surface area contributed by atoms with Crippen molar-refractivity contribution in [1.29, 1.82) is 0 Å². The van der Waals surface area contributed by atoms with Gasteiger partial charge in [-0.2, -0.15) is 11.3 Å². The first kappa shape index (κ1) is 20.0. The third-order valence-corrected chi connectivity index (χ3v) is 4.57. The Morgan fingerprint density at radius 2 is 1.91 bits per heavy atom. The van der Waals surface area contributed by atoms with Crippen molar-refractivity contribution in [2.45, 2.75) is 32.7 Å². The fourth-order valence-electron chi connectivity index (χ4n) is 2.53. The lowest BCUT2D eigenvalue weighted by Crippen LogP contribution is -2.43. The predicted octanol–water partition coefficient (Wildman–Crippen LogP) is 4.32. The average Bonchev–Trinajstić information content (AvgIpc) is 3.01. The molecule has 0 spiro atoms. The summed E-state index contributed by atoms with van der Waals surface area (Å²) in [6, 6.07) is 10.7. The summed E-state index contributed by atoms with van der Waals surface area (Å²) >= 11 is 1.72. The zero-order chi connectivity index (χ0) is 16.0. The molecule has 0 fully saturated rings. The number of thiophene rings is 1. The van der Waals surface area contributed by atoms with Crippen molar-refractivity contribution in [3.8, 4) is 0 Å². The highest BCUT2D eigenvalue weighted by atomic mass is 127. The summed E-state index contributed by atoms with van der Waals surface area (Å²) in [6.45, 7) is 8.32. The SMILES string of the molecule is CN=C(NCc1ccsc1)NCC(C)(C)c1ccccc1C.I. The van der Waals surface area contributed by atoms with Gasteiger partial charge in [0.2, 0.25) is 0 Å². The van der Waals surface area contributed by atoms with Gasteiger partial charge in [0.05, 0.1) is 0 Å². The van der Waals surface area contributed by atoms with Crippen LogP contribution in [0.15, 0.2) is 46.1 Å². The van der Waals surface area contributed by atoms with E-state index in [1.165, 1.54) is 16.7 Å². The van der Waals surface area contributed by atoms with E-state index < -0.39 is 0 Å². The van der Waals surface area contributed by atoms with Gasteiger partial charge in [0.15, 0.2) is 5.96 Å². The van der Waals surface area contributed by atoms with Crippen molar-refractivity contribution in [3.05, 3.63) is 57.8 Å². The second-order valence-corrected chi connectivity index (χ2v) is 6.89. The normalized spacial score (nSPS) is 11.7. The smallest absolute Gasteiger partial charge is 0.191 e. The molecule has 0 aliphatic carbocycles. The van der Waals surface area contributed by atoms with E-state index in [0.29, 0.717) is 0 Å². The van der Waals surface area contributed by atoms with Gasteiger partial charge in [0.25, 0.3) is 0 Å². The molecule has 23 heavy (non-hydrogen) atoms. The molecule has 0 aliphatic rings. The molecule has 5 heteroatoms. The van der Waals surface area contributed by atoms with Crippen LogP contribution in [-0.4, -0.2) is 19.6 Å². The highest BCUT2D eigenvalue weighted by Crippen LogP contribution is 2.25. The number of aliphatic imine (C=N–C) groups is 1. The Bertz CT molecular complexity index is 621. The number of aryl methyl sites for hydroxylation is 1. The molecular formula is C18H26IN3S. The molecule has 1 heterocycles. The molecule has 1 aromatic heterocycles. The number of nitrogens with zero attached hydrogens (tertiary/aromatic N) is 1. The van der Waals surface area contributed by atoms with Crippen molar-refractivity contribution < 1.29 is 0 Å². The quantitative estimate of drug-likeness (QED) is 0.410. The fourth-order valence-corrected chi connectivity index (χ4v) is 3.20. The Labute approximate surface area is 160 Å². The largest absolute Gasteiger partial charge is 0.356 e. The van der Waals surface area contributed by atoms with E-state index >= 15 is 0 Å². The molecule has 0 unspecified atom stereocenters. The summed E-state index contributed by atoms with van der Waals surface area (Å²) < 4.78 is 0. The number of nitrogens with one attached hydrogen (secondary N) is 2. The molecule has 3 nitrogen and oxygen atoms in total. The summed E-state index contributed by atoms with van der Waals surface area (Å²) in [5.41, 5.74) is 4.03. The van der Waals surface area contributed by atoms with Gasteiger partial charge in [-0.1, -0.05) is 38.1 Å². The van der Waals surface area contributed by atoms with Crippen LogP contribution in [-0.2, 0) is 12.0 Å². The van der Waals surface area contributed by atoms with Gasteiger partial charge < -0.3 is 10.6 Å². The Kier molecular flexibility index (Phi) is 8.05. The number of guanidine groups is 1. The maximum absolute atomic E-state index is 4.30. The minimum atomic E-state index is 0. The fraction of sp³-hybridized carbons (Fsp3) is 0.389. The van der Waals surface area contributed by atoms with Crippen molar-refractivity contribution in [1.82, 2.24) is 10.6 Å². The van der Waals surface area contributed by atoms with Gasteiger partial charge in [-0.3, -0.25) is 4.99 Å². The van der Waals surface area contributed by atoms with Gasteiger partial charge in [-0.05, 0) is 40.4 Å². The Morgan fingerprint density at radius 3 is 2.52 bits per heavy atom. The molecule has 0 bridgehead atoms. The van der Waals surface area contributed by atoms with E-state index in [0.717, 1.165) is 19.0 Å². The maximum atomic E-state index is 4.30. The van der Waals surface area contributed by atoms with Crippen molar-refractivity contribution in [3.63, 3.8) is 0 Å². The van der Waals surface area contributed by atoms with Crippen molar-refractivity contribution in [2.24, 2.45) is 4.99 Å². The zero-order valence-corrected chi connectivity index (χ0v) is 17.4. The second-order valence-electron chi connectivity index (χ2n) is 6.11. The monoisotopic (exact) mass is 443 g/mol. The summed E-state index contributed by atoms with van der Waals surface area (Å²) in [5, 5.41) is 11.0. The zero-order valence-electron chi connectivity index (χ0n) is 14.2. The number of hydrogen-bond acceptors (Lipinski definition) is 2. The molecule has 0 radical (unpaired) electrons. The van der Waals surface area contributed by atoms with Crippen LogP contribution in [0, 0.1) is 6.92 Å². The molecule has 0 saturated carbocycles. The minimum Gasteiger partial charge on any atom is -0.356 e. The third kappa shape index (κ3) is 5.80. The average molecular weight is 443 g/mol. The number of hydrogen-bond donors (Lipinski definition) is 2. The molecule has 1 aromatic carbocycles. The highest BCUT2D eigenvalue weighted by Gasteiger charge is 2.22. The van der Waals surface area contributed by atoms with Gasteiger partial charge in [-0.15, -0.1) is 24.0 Å². The molecule has 0 atom stereocenters. The first-order valence-corrected chi connectivity index (χ1v) is 8.49. The Morgan fingerprint density at radius 1 is 1.17 bits per heavy atom. The van der Waals surface area contributed by atoms with E-state index in [2.05, 4.69) is 77.5 Å². The molecule has 2 rings (SSSR count). The molecule has 0 amide bonds. The Balaban J connectivity index is 0.00000264. The summed E-state index contributed by atoms with van der Waals surface area (Å²) in [6.07, 6.45) is 0. The number of rotatable bonds is 5. The van der Waals surface area contributed by atoms with E-state index in [-0.39, 0.29) is 29.4 Å². The highest BCUT2D eigenvalue weighted by molar-refractivity contribution is 14.0. The summed E-state index contributed by atoms with van der Waals surface area (Å²) in [5.74, 6) is 0.841. The van der Waals surface area contributed by atoms with Crippen LogP contribution in [0.5, 0.6) is 0 Å². The van der Waals surface area contributed by atoms with Gasteiger partial charge in [-0.25, -0.2) is 0 Å². The molecule has 0 saturated heterocycles. The molecule has 0 aliphatic heterocycles. The van der Waals surface area contributed by atoms with Crippen molar-refractivity contribution >= 4 is 41.3 Å². The van der Waals surface area contributed by atoms with E-state index in [1.807, 2.05) is 7.05 Å². The van der Waals surface area contributed by atoms with Gasteiger partial charge in [0.1, 0.15) is 0 Å².